The molecule has 0 atom stereocenters. The third kappa shape index (κ3) is 7.60. The molecule has 0 N–H and O–H groups in total. The average Bonchev–Trinajstić information content (AvgIpc) is 2.58. The lowest BCUT2D eigenvalue weighted by Gasteiger charge is -2.44. The summed E-state index contributed by atoms with van der Waals surface area (Å²) in [6.45, 7) is 0. The molecule has 1 radical (unpaired) electrons. The first-order valence-corrected chi connectivity index (χ1v) is 12.5. The van der Waals surface area contributed by atoms with Crippen molar-refractivity contribution < 1.29 is 0 Å². The van der Waals surface area contributed by atoms with E-state index >= 15 is 0 Å². The third-order valence-electron chi connectivity index (χ3n) is 5.99. The highest BCUT2D eigenvalue weighted by Crippen LogP contribution is 2.61. The van der Waals surface area contributed by atoms with E-state index in [0.29, 0.717) is 7.92 Å². The van der Waals surface area contributed by atoms with Crippen molar-refractivity contribution in [3.63, 3.8) is 0 Å². The summed E-state index contributed by atoms with van der Waals surface area (Å²) in [7, 11) is 0.385. The lowest BCUT2D eigenvalue weighted by molar-refractivity contribution is 0.460. The number of hydrogen-bond acceptors (Lipinski definition) is 0. The molecule has 4 heteroatoms. The molecule has 135 valence electrons. The minimum Gasteiger partial charge on any atom is -0.0971 e. The highest BCUT2D eigenvalue weighted by Gasteiger charge is 2.36. The molecule has 0 amide bonds. The zero-order valence-corrected chi connectivity index (χ0v) is 17.6. The molecule has 0 saturated heterocycles. The Balaban J connectivity index is 0.000000433. The van der Waals surface area contributed by atoms with Gasteiger partial charge in [0.15, 0.2) is 0 Å². The Kier molecular flexibility index (Phi) is 10.6. The van der Waals surface area contributed by atoms with Gasteiger partial charge in [0.2, 0.25) is 4.30 Å². The molecule has 0 aromatic rings. The van der Waals surface area contributed by atoms with Crippen LogP contribution in [0.25, 0.3) is 0 Å². The topological polar surface area (TPSA) is 0 Å². The van der Waals surface area contributed by atoms with Crippen LogP contribution in [0, 0.1) is 4.30 Å². The van der Waals surface area contributed by atoms with Gasteiger partial charge in [0.1, 0.15) is 0 Å². The molecule has 0 bridgehead atoms. The SMILES string of the molecule is C1CCC(P(C2CCCCC2)C2CCCCC2)CC1.Cl[C](Cl)Cl. The van der Waals surface area contributed by atoms with Gasteiger partial charge < -0.3 is 0 Å². The first kappa shape index (κ1) is 20.6. The summed E-state index contributed by atoms with van der Waals surface area (Å²) < 4.78 is -0.167. The normalized spacial score (nSPS) is 25.4. The second-order valence-corrected chi connectivity index (χ2v) is 12.3. The van der Waals surface area contributed by atoms with Gasteiger partial charge in [-0.05, 0) is 55.5 Å². The van der Waals surface area contributed by atoms with Crippen LogP contribution in [-0.2, 0) is 0 Å². The predicted molar refractivity (Wildman–Crippen MR) is 108 cm³/mol. The Labute approximate surface area is 160 Å². The molecule has 0 aromatic carbocycles. The van der Waals surface area contributed by atoms with Gasteiger partial charge in [0.05, 0.1) is 0 Å². The van der Waals surface area contributed by atoms with E-state index < -0.39 is 0 Å². The molecule has 0 aliphatic heterocycles. The zero-order chi connectivity index (χ0) is 16.5. The highest BCUT2D eigenvalue weighted by atomic mass is 35.6. The Hall–Kier alpha value is 1.30. The van der Waals surface area contributed by atoms with E-state index in [1.54, 1.807) is 77.0 Å². The first-order valence-electron chi connectivity index (χ1n) is 9.79. The van der Waals surface area contributed by atoms with Gasteiger partial charge in [0, 0.05) is 0 Å². The van der Waals surface area contributed by atoms with Crippen LogP contribution in [0.1, 0.15) is 96.3 Å². The van der Waals surface area contributed by atoms with Crippen LogP contribution in [0.5, 0.6) is 0 Å². The fourth-order valence-electron chi connectivity index (χ4n) is 5.03. The summed E-state index contributed by atoms with van der Waals surface area (Å²) in [4.78, 5) is 0. The quantitative estimate of drug-likeness (QED) is 0.417. The maximum Gasteiger partial charge on any atom is 0.236 e. The van der Waals surface area contributed by atoms with Crippen LogP contribution in [0.3, 0.4) is 0 Å². The molecular weight excluding hydrogens is 366 g/mol. The van der Waals surface area contributed by atoms with Crippen molar-refractivity contribution in [3.8, 4) is 0 Å². The first-order chi connectivity index (χ1) is 11.2. The van der Waals surface area contributed by atoms with E-state index in [-0.39, 0.29) is 4.30 Å². The van der Waals surface area contributed by atoms with Crippen LogP contribution in [0.2, 0.25) is 0 Å². The van der Waals surface area contributed by atoms with E-state index in [9.17, 15) is 0 Å². The lowest BCUT2D eigenvalue weighted by Crippen LogP contribution is -2.28. The molecule has 3 aliphatic rings. The Morgan fingerprint density at radius 1 is 0.478 bits per heavy atom. The third-order valence-corrected chi connectivity index (χ3v) is 10.1. The van der Waals surface area contributed by atoms with Crippen LogP contribution >= 0.6 is 42.7 Å². The predicted octanol–water partition coefficient (Wildman–Crippen LogP) is 8.62. The zero-order valence-electron chi connectivity index (χ0n) is 14.4. The Morgan fingerprint density at radius 2 is 0.696 bits per heavy atom. The van der Waals surface area contributed by atoms with Crippen molar-refractivity contribution in [2.24, 2.45) is 0 Å². The van der Waals surface area contributed by atoms with Gasteiger partial charge in [-0.2, -0.15) is 0 Å². The van der Waals surface area contributed by atoms with Crippen LogP contribution < -0.4 is 0 Å². The van der Waals surface area contributed by atoms with E-state index in [4.69, 9.17) is 34.8 Å². The van der Waals surface area contributed by atoms with Crippen molar-refractivity contribution in [1.82, 2.24) is 0 Å². The minimum absolute atomic E-state index is 0.167. The largest absolute Gasteiger partial charge is 0.236 e. The summed E-state index contributed by atoms with van der Waals surface area (Å²) in [6, 6.07) is 0. The molecule has 0 heterocycles. The Morgan fingerprint density at radius 3 is 0.913 bits per heavy atom. The van der Waals surface area contributed by atoms with Gasteiger partial charge in [-0.1, -0.05) is 101 Å². The maximum absolute atomic E-state index is 4.72. The van der Waals surface area contributed by atoms with Gasteiger partial charge in [0.25, 0.3) is 0 Å². The van der Waals surface area contributed by atoms with Crippen LogP contribution in [0.15, 0.2) is 0 Å². The van der Waals surface area contributed by atoms with Gasteiger partial charge in [-0.3, -0.25) is 0 Å². The van der Waals surface area contributed by atoms with Crippen LogP contribution in [-0.4, -0.2) is 17.0 Å². The molecule has 0 spiro atoms. The van der Waals surface area contributed by atoms with Gasteiger partial charge >= 0.3 is 0 Å². The second kappa shape index (κ2) is 11.8. The number of halogens is 3. The summed E-state index contributed by atoms with van der Waals surface area (Å²) >= 11 is 14.2. The molecule has 23 heavy (non-hydrogen) atoms. The average molecular weight is 399 g/mol. The summed E-state index contributed by atoms with van der Waals surface area (Å²) in [5.41, 5.74) is 3.57. The number of hydrogen-bond donors (Lipinski definition) is 0. The molecule has 0 unspecified atom stereocenters. The van der Waals surface area contributed by atoms with Crippen molar-refractivity contribution in [2.45, 2.75) is 113 Å². The summed E-state index contributed by atoms with van der Waals surface area (Å²) in [5.74, 6) is 0. The van der Waals surface area contributed by atoms with Crippen molar-refractivity contribution in [1.29, 1.82) is 0 Å². The highest BCUT2D eigenvalue weighted by molar-refractivity contribution is 7.60. The smallest absolute Gasteiger partial charge is 0.0971 e. The molecule has 3 saturated carbocycles. The lowest BCUT2D eigenvalue weighted by atomic mass is 9.99. The fraction of sp³-hybridized carbons (Fsp3) is 0.947. The molecular formula is C19H33Cl3P. The molecule has 3 aliphatic carbocycles. The van der Waals surface area contributed by atoms with E-state index in [1.165, 1.54) is 36.2 Å². The molecule has 0 aromatic heterocycles. The summed E-state index contributed by atoms with van der Waals surface area (Å²) in [6.07, 6.45) is 23.6. The van der Waals surface area contributed by atoms with Crippen molar-refractivity contribution >= 4 is 42.7 Å². The van der Waals surface area contributed by atoms with E-state index in [2.05, 4.69) is 0 Å². The second-order valence-electron chi connectivity index (χ2n) is 7.54. The number of rotatable bonds is 3. The van der Waals surface area contributed by atoms with E-state index in [0.717, 1.165) is 0 Å². The molecule has 0 nitrogen and oxygen atoms in total. The summed E-state index contributed by atoms with van der Waals surface area (Å²) in [5, 5.41) is 0. The van der Waals surface area contributed by atoms with Crippen molar-refractivity contribution in [2.75, 3.05) is 0 Å². The van der Waals surface area contributed by atoms with Crippen LogP contribution in [0.4, 0.5) is 0 Å². The van der Waals surface area contributed by atoms with Crippen molar-refractivity contribution in [3.05, 3.63) is 4.30 Å². The Bertz CT molecular complexity index is 247. The molecule has 3 rings (SSSR count). The minimum atomic E-state index is -0.167. The van der Waals surface area contributed by atoms with Gasteiger partial charge in [-0.15, -0.1) is 0 Å². The molecule has 3 fully saturated rings. The standard InChI is InChI=1S/C18H33P.CCl3/c1-4-10-16(11-5-1)19(17-12-6-2-7-13-17)18-14-8-3-9-15-18;2-1(3)4/h16-18H,1-15H2;. The maximum atomic E-state index is 4.72. The van der Waals surface area contributed by atoms with E-state index in [1.807, 2.05) is 0 Å². The van der Waals surface area contributed by atoms with Gasteiger partial charge in [-0.25, -0.2) is 0 Å². The monoisotopic (exact) mass is 397 g/mol. The fourth-order valence-corrected chi connectivity index (χ4v) is 9.71.